The molecule has 0 radical (unpaired) electrons. The van der Waals surface area contributed by atoms with Gasteiger partial charge in [0, 0.05) is 18.8 Å². The van der Waals surface area contributed by atoms with E-state index in [1.54, 1.807) is 19.9 Å². The maximum absolute atomic E-state index is 13.8. The van der Waals surface area contributed by atoms with Gasteiger partial charge in [0.2, 0.25) is 5.92 Å². The molecular formula is C14H15F3O. The van der Waals surface area contributed by atoms with E-state index in [-0.39, 0.29) is 18.4 Å². The zero-order chi connectivity index (χ0) is 13.5. The summed E-state index contributed by atoms with van der Waals surface area (Å²) in [7, 11) is 0. The van der Waals surface area contributed by atoms with Gasteiger partial charge in [0.1, 0.15) is 5.82 Å². The summed E-state index contributed by atoms with van der Waals surface area (Å²) in [5.41, 5.74) is 1.22. The monoisotopic (exact) mass is 256 g/mol. The van der Waals surface area contributed by atoms with Gasteiger partial charge < -0.3 is 0 Å². The molecule has 1 aliphatic carbocycles. The van der Waals surface area contributed by atoms with Crippen molar-refractivity contribution in [3.05, 3.63) is 34.6 Å². The van der Waals surface area contributed by atoms with Gasteiger partial charge in [-0.25, -0.2) is 13.2 Å². The van der Waals surface area contributed by atoms with Crippen LogP contribution in [-0.2, 0) is 0 Å². The Morgan fingerprint density at radius 2 is 2.00 bits per heavy atom. The van der Waals surface area contributed by atoms with Crippen LogP contribution in [0.25, 0.3) is 0 Å². The number of carbonyl (C=O) groups excluding carboxylic acids is 1. The van der Waals surface area contributed by atoms with Crippen LogP contribution in [0.1, 0.15) is 40.7 Å². The lowest BCUT2D eigenvalue weighted by molar-refractivity contribution is 0.00527. The fraction of sp³-hybridized carbons (Fsp3) is 0.500. The molecule has 1 fully saturated rings. The molecule has 1 unspecified atom stereocenters. The lowest BCUT2D eigenvalue weighted by atomic mass is 9.92. The molecule has 0 aromatic heterocycles. The van der Waals surface area contributed by atoms with Gasteiger partial charge in [-0.1, -0.05) is 6.07 Å². The van der Waals surface area contributed by atoms with Gasteiger partial charge >= 0.3 is 0 Å². The first kappa shape index (κ1) is 13.1. The van der Waals surface area contributed by atoms with E-state index < -0.39 is 29.9 Å². The Labute approximate surface area is 104 Å². The number of hydrogen-bond donors (Lipinski definition) is 0. The van der Waals surface area contributed by atoms with Gasteiger partial charge in [-0.15, -0.1) is 0 Å². The number of Topliss-reactive ketones (excluding diaryl/α,β-unsaturated/α-hetero) is 1. The Morgan fingerprint density at radius 1 is 1.33 bits per heavy atom. The van der Waals surface area contributed by atoms with Crippen LogP contribution in [0.4, 0.5) is 13.2 Å². The third kappa shape index (κ3) is 2.42. The number of rotatable bonds is 2. The predicted molar refractivity (Wildman–Crippen MR) is 62.5 cm³/mol. The van der Waals surface area contributed by atoms with Crippen LogP contribution in [0.15, 0.2) is 12.1 Å². The van der Waals surface area contributed by atoms with Crippen molar-refractivity contribution in [1.29, 1.82) is 0 Å². The summed E-state index contributed by atoms with van der Waals surface area (Å²) < 4.78 is 40.0. The van der Waals surface area contributed by atoms with E-state index in [4.69, 9.17) is 0 Å². The Hall–Kier alpha value is -1.32. The number of benzene rings is 1. The number of ketones is 1. The summed E-state index contributed by atoms with van der Waals surface area (Å²) in [6.45, 7) is 3.37. The quantitative estimate of drug-likeness (QED) is 0.729. The molecule has 1 nitrogen and oxygen atoms in total. The summed E-state index contributed by atoms with van der Waals surface area (Å²) in [5, 5.41) is 0. The number of hydrogen-bond acceptors (Lipinski definition) is 1. The van der Waals surface area contributed by atoms with Crippen LogP contribution in [0.2, 0.25) is 0 Å². The topological polar surface area (TPSA) is 17.1 Å². The Bertz CT molecular complexity index is 471. The van der Waals surface area contributed by atoms with Gasteiger partial charge in [-0.2, -0.15) is 0 Å². The van der Waals surface area contributed by atoms with Crippen molar-refractivity contribution in [3.63, 3.8) is 0 Å². The van der Waals surface area contributed by atoms with Crippen molar-refractivity contribution >= 4 is 5.78 Å². The molecule has 1 aliphatic rings. The Morgan fingerprint density at radius 3 is 2.50 bits per heavy atom. The first-order valence-electron chi connectivity index (χ1n) is 5.99. The van der Waals surface area contributed by atoms with Crippen molar-refractivity contribution in [2.24, 2.45) is 5.92 Å². The molecule has 1 atom stereocenters. The molecular weight excluding hydrogens is 241 g/mol. The molecule has 0 amide bonds. The lowest BCUT2D eigenvalue weighted by Crippen LogP contribution is -2.18. The first-order chi connectivity index (χ1) is 8.30. The Kier molecular flexibility index (Phi) is 3.21. The first-order valence-corrected chi connectivity index (χ1v) is 5.99. The standard InChI is InChI=1S/C14H15F3O/c1-8-5-9(2)12(11(15)6-8)13(18)10-3-4-14(16,17)7-10/h5-6,10H,3-4,7H2,1-2H3. The highest BCUT2D eigenvalue weighted by atomic mass is 19.3. The number of carbonyl (C=O) groups is 1. The molecule has 2 rings (SSSR count). The highest BCUT2D eigenvalue weighted by Gasteiger charge is 2.43. The summed E-state index contributed by atoms with van der Waals surface area (Å²) in [4.78, 5) is 12.1. The normalized spacial score (nSPS) is 22.2. The summed E-state index contributed by atoms with van der Waals surface area (Å²) in [6.07, 6.45) is -0.604. The fourth-order valence-electron chi connectivity index (χ4n) is 2.61. The number of alkyl halides is 2. The van der Waals surface area contributed by atoms with E-state index in [0.29, 0.717) is 5.56 Å². The molecule has 0 heterocycles. The number of aryl methyl sites for hydroxylation is 2. The van der Waals surface area contributed by atoms with Crippen molar-refractivity contribution < 1.29 is 18.0 Å². The molecule has 0 N–H and O–H groups in total. The zero-order valence-electron chi connectivity index (χ0n) is 10.4. The second kappa shape index (κ2) is 4.41. The van der Waals surface area contributed by atoms with Gasteiger partial charge in [-0.3, -0.25) is 4.79 Å². The molecule has 18 heavy (non-hydrogen) atoms. The highest BCUT2D eigenvalue weighted by Crippen LogP contribution is 2.40. The Balaban J connectivity index is 2.30. The van der Waals surface area contributed by atoms with Crippen LogP contribution in [-0.4, -0.2) is 11.7 Å². The molecule has 0 spiro atoms. The smallest absolute Gasteiger partial charge is 0.248 e. The maximum atomic E-state index is 13.8. The van der Waals surface area contributed by atoms with Crippen LogP contribution in [0.5, 0.6) is 0 Å². The molecule has 1 saturated carbocycles. The van der Waals surface area contributed by atoms with Gasteiger partial charge in [-0.05, 0) is 37.5 Å². The van der Waals surface area contributed by atoms with Crippen molar-refractivity contribution in [2.45, 2.75) is 39.0 Å². The van der Waals surface area contributed by atoms with E-state index in [0.717, 1.165) is 5.56 Å². The van der Waals surface area contributed by atoms with Gasteiger partial charge in [0.25, 0.3) is 0 Å². The van der Waals surface area contributed by atoms with Gasteiger partial charge in [0.15, 0.2) is 5.78 Å². The SMILES string of the molecule is Cc1cc(C)c(C(=O)C2CCC(F)(F)C2)c(F)c1. The third-order valence-corrected chi connectivity index (χ3v) is 3.45. The minimum absolute atomic E-state index is 0.0247. The van der Waals surface area contributed by atoms with E-state index in [9.17, 15) is 18.0 Å². The molecule has 0 bridgehead atoms. The molecule has 98 valence electrons. The van der Waals surface area contributed by atoms with Crippen LogP contribution in [0.3, 0.4) is 0 Å². The lowest BCUT2D eigenvalue weighted by Gasteiger charge is -2.13. The van der Waals surface area contributed by atoms with Crippen LogP contribution >= 0.6 is 0 Å². The summed E-state index contributed by atoms with van der Waals surface area (Å²) in [6, 6.07) is 2.97. The molecule has 0 saturated heterocycles. The third-order valence-electron chi connectivity index (χ3n) is 3.45. The minimum Gasteiger partial charge on any atom is -0.294 e. The predicted octanol–water partition coefficient (Wildman–Crippen LogP) is 4.06. The highest BCUT2D eigenvalue weighted by molar-refractivity contribution is 5.99. The maximum Gasteiger partial charge on any atom is 0.248 e. The second-order valence-corrected chi connectivity index (χ2v) is 5.10. The second-order valence-electron chi connectivity index (χ2n) is 5.10. The van der Waals surface area contributed by atoms with E-state index in [1.807, 2.05) is 0 Å². The van der Waals surface area contributed by atoms with Crippen molar-refractivity contribution in [1.82, 2.24) is 0 Å². The minimum atomic E-state index is -2.78. The fourth-order valence-corrected chi connectivity index (χ4v) is 2.61. The van der Waals surface area contributed by atoms with E-state index in [2.05, 4.69) is 0 Å². The van der Waals surface area contributed by atoms with Gasteiger partial charge in [0.05, 0.1) is 5.56 Å². The van der Waals surface area contributed by atoms with Crippen molar-refractivity contribution in [3.8, 4) is 0 Å². The summed E-state index contributed by atoms with van der Waals surface area (Å²) >= 11 is 0. The summed E-state index contributed by atoms with van der Waals surface area (Å²) in [5.74, 6) is -4.62. The molecule has 1 aromatic rings. The largest absolute Gasteiger partial charge is 0.294 e. The van der Waals surface area contributed by atoms with E-state index >= 15 is 0 Å². The average Bonchev–Trinajstić information content (AvgIpc) is 2.57. The van der Waals surface area contributed by atoms with E-state index in [1.165, 1.54) is 6.07 Å². The average molecular weight is 256 g/mol. The number of halogens is 3. The van der Waals surface area contributed by atoms with Crippen LogP contribution in [0, 0.1) is 25.6 Å². The van der Waals surface area contributed by atoms with Crippen molar-refractivity contribution in [2.75, 3.05) is 0 Å². The molecule has 0 aliphatic heterocycles. The molecule has 4 heteroatoms. The van der Waals surface area contributed by atoms with Crippen LogP contribution < -0.4 is 0 Å². The zero-order valence-corrected chi connectivity index (χ0v) is 10.4. The molecule has 1 aromatic carbocycles.